The van der Waals surface area contributed by atoms with Crippen LogP contribution in [0.25, 0.3) is 0 Å². The third-order valence-corrected chi connectivity index (χ3v) is 3.52. The quantitative estimate of drug-likeness (QED) is 0.634. The fourth-order valence-corrected chi connectivity index (χ4v) is 2.28. The van der Waals surface area contributed by atoms with E-state index in [1.807, 2.05) is 0 Å². The zero-order valence-electron chi connectivity index (χ0n) is 11.0. The highest BCUT2D eigenvalue weighted by Gasteiger charge is 2.15. The fraction of sp³-hybridized carbons (Fsp3) is 0.923. The van der Waals surface area contributed by atoms with Gasteiger partial charge in [-0.25, -0.2) is 0 Å². The first-order valence-electron chi connectivity index (χ1n) is 6.79. The molecular weight excluding hydrogens is 216 g/mol. The van der Waals surface area contributed by atoms with Crippen LogP contribution in [0.3, 0.4) is 0 Å². The molecule has 1 aliphatic heterocycles. The molecule has 0 unspecified atom stereocenters. The molecule has 2 N–H and O–H groups in total. The molecule has 0 aromatic heterocycles. The Hall–Kier alpha value is -0.610. The van der Waals surface area contributed by atoms with Gasteiger partial charge < -0.3 is 15.3 Å². The summed E-state index contributed by atoms with van der Waals surface area (Å²) in [7, 11) is 2.19. The van der Waals surface area contributed by atoms with Crippen molar-refractivity contribution >= 4 is 5.97 Å². The van der Waals surface area contributed by atoms with E-state index < -0.39 is 5.97 Å². The highest BCUT2D eigenvalue weighted by atomic mass is 16.4. The Balaban J connectivity index is 1.85. The van der Waals surface area contributed by atoms with Crippen molar-refractivity contribution in [3.63, 3.8) is 0 Å². The van der Waals surface area contributed by atoms with Gasteiger partial charge in [0.15, 0.2) is 0 Å². The number of hydrogen-bond donors (Lipinski definition) is 2. The maximum absolute atomic E-state index is 10.3. The third-order valence-electron chi connectivity index (χ3n) is 3.52. The number of hydrogen-bond acceptors (Lipinski definition) is 3. The summed E-state index contributed by atoms with van der Waals surface area (Å²) in [5.41, 5.74) is 0. The van der Waals surface area contributed by atoms with Crippen molar-refractivity contribution in [2.45, 2.75) is 38.5 Å². The summed E-state index contributed by atoms with van der Waals surface area (Å²) in [6.45, 7) is 4.62. The molecule has 0 radical (unpaired) electrons. The summed E-state index contributed by atoms with van der Waals surface area (Å²) in [6.07, 6.45) is 5.86. The van der Waals surface area contributed by atoms with Crippen molar-refractivity contribution in [1.82, 2.24) is 10.2 Å². The Morgan fingerprint density at radius 1 is 1.29 bits per heavy atom. The van der Waals surface area contributed by atoms with E-state index in [1.54, 1.807) is 0 Å². The number of nitrogens with one attached hydrogen (secondary N) is 1. The van der Waals surface area contributed by atoms with E-state index >= 15 is 0 Å². The van der Waals surface area contributed by atoms with Crippen molar-refractivity contribution in [3.05, 3.63) is 0 Å². The Bertz CT molecular complexity index is 213. The van der Waals surface area contributed by atoms with Crippen LogP contribution in [-0.4, -0.2) is 49.2 Å². The average Bonchev–Trinajstić information content (AvgIpc) is 2.30. The fourth-order valence-electron chi connectivity index (χ4n) is 2.28. The largest absolute Gasteiger partial charge is 0.481 e. The van der Waals surface area contributed by atoms with E-state index in [0.717, 1.165) is 38.3 Å². The first-order valence-corrected chi connectivity index (χ1v) is 6.79. The second kappa shape index (κ2) is 8.48. The molecule has 4 heteroatoms. The minimum absolute atomic E-state index is 0.314. The van der Waals surface area contributed by atoms with Crippen molar-refractivity contribution in [2.24, 2.45) is 5.92 Å². The van der Waals surface area contributed by atoms with Crippen molar-refractivity contribution in [3.8, 4) is 0 Å². The lowest BCUT2D eigenvalue weighted by Gasteiger charge is -2.29. The molecule has 0 atom stereocenters. The van der Waals surface area contributed by atoms with Crippen LogP contribution in [0.15, 0.2) is 0 Å². The minimum Gasteiger partial charge on any atom is -0.481 e. The number of carboxylic acid groups (broad SMARTS) is 1. The Labute approximate surface area is 104 Å². The number of nitrogens with zero attached hydrogens (tertiary/aromatic N) is 1. The molecule has 1 fully saturated rings. The first kappa shape index (κ1) is 14.5. The maximum atomic E-state index is 10.3. The molecule has 0 aromatic carbocycles. The van der Waals surface area contributed by atoms with Crippen LogP contribution in [0.2, 0.25) is 0 Å². The molecule has 1 rings (SSSR count). The molecule has 0 aromatic rings. The topological polar surface area (TPSA) is 52.6 Å². The number of piperidine rings is 1. The van der Waals surface area contributed by atoms with E-state index in [9.17, 15) is 4.79 Å². The first-order chi connectivity index (χ1) is 8.18. The molecule has 100 valence electrons. The summed E-state index contributed by atoms with van der Waals surface area (Å²) in [6, 6.07) is 0. The van der Waals surface area contributed by atoms with Gasteiger partial charge >= 0.3 is 5.97 Å². The van der Waals surface area contributed by atoms with Gasteiger partial charge in [-0.05, 0) is 64.8 Å². The van der Waals surface area contributed by atoms with Gasteiger partial charge in [0.1, 0.15) is 0 Å². The summed E-state index contributed by atoms with van der Waals surface area (Å²) in [5, 5.41) is 12.0. The van der Waals surface area contributed by atoms with Gasteiger partial charge in [0, 0.05) is 6.42 Å². The lowest BCUT2D eigenvalue weighted by Crippen LogP contribution is -2.35. The van der Waals surface area contributed by atoms with E-state index in [-0.39, 0.29) is 0 Å². The summed E-state index contributed by atoms with van der Waals surface area (Å²) in [5.74, 6) is 0.162. The van der Waals surface area contributed by atoms with Gasteiger partial charge in [-0.1, -0.05) is 6.42 Å². The summed E-state index contributed by atoms with van der Waals surface area (Å²) < 4.78 is 0. The Kier molecular flexibility index (Phi) is 7.21. The van der Waals surface area contributed by atoms with E-state index in [1.165, 1.54) is 25.9 Å². The predicted octanol–water partition coefficient (Wildman–Crippen LogP) is 1.56. The number of likely N-dealkylation sites (tertiary alicyclic amines) is 1. The lowest BCUT2D eigenvalue weighted by molar-refractivity contribution is -0.137. The SMILES string of the molecule is CN1CCC(CNCCCCCC(=O)O)CC1. The molecule has 1 saturated heterocycles. The Morgan fingerprint density at radius 2 is 2.00 bits per heavy atom. The smallest absolute Gasteiger partial charge is 0.303 e. The van der Waals surface area contributed by atoms with Gasteiger partial charge in [-0.15, -0.1) is 0 Å². The monoisotopic (exact) mass is 242 g/mol. The minimum atomic E-state index is -0.677. The van der Waals surface area contributed by atoms with Crippen molar-refractivity contribution in [2.75, 3.05) is 33.2 Å². The Morgan fingerprint density at radius 3 is 2.65 bits per heavy atom. The average molecular weight is 242 g/mol. The molecule has 1 heterocycles. The lowest BCUT2D eigenvalue weighted by atomic mass is 9.97. The van der Waals surface area contributed by atoms with Gasteiger partial charge in [0.05, 0.1) is 0 Å². The van der Waals surface area contributed by atoms with Crippen LogP contribution in [-0.2, 0) is 4.79 Å². The van der Waals surface area contributed by atoms with Gasteiger partial charge in [0.2, 0.25) is 0 Å². The standard InChI is InChI=1S/C13H26N2O2/c1-15-9-6-12(7-10-15)11-14-8-4-2-3-5-13(16)17/h12,14H,2-11H2,1H3,(H,16,17). The third kappa shape index (κ3) is 7.34. The maximum Gasteiger partial charge on any atom is 0.303 e. The molecule has 0 spiro atoms. The molecule has 0 saturated carbocycles. The van der Waals surface area contributed by atoms with E-state index in [2.05, 4.69) is 17.3 Å². The van der Waals surface area contributed by atoms with Gasteiger partial charge in [0.25, 0.3) is 0 Å². The van der Waals surface area contributed by atoms with Crippen molar-refractivity contribution < 1.29 is 9.90 Å². The van der Waals surface area contributed by atoms with Crippen LogP contribution in [0, 0.1) is 5.92 Å². The van der Waals surface area contributed by atoms with E-state index in [4.69, 9.17) is 5.11 Å². The molecule has 17 heavy (non-hydrogen) atoms. The number of unbranched alkanes of at least 4 members (excludes halogenated alkanes) is 2. The zero-order valence-corrected chi connectivity index (χ0v) is 11.0. The number of carbonyl (C=O) groups is 1. The number of carboxylic acids is 1. The van der Waals surface area contributed by atoms with Crippen LogP contribution >= 0.6 is 0 Å². The number of rotatable bonds is 8. The predicted molar refractivity (Wildman–Crippen MR) is 69.2 cm³/mol. The summed E-state index contributed by atoms with van der Waals surface area (Å²) in [4.78, 5) is 12.7. The van der Waals surface area contributed by atoms with Crippen LogP contribution in [0.4, 0.5) is 0 Å². The normalized spacial score (nSPS) is 18.4. The highest BCUT2D eigenvalue weighted by Crippen LogP contribution is 2.14. The molecule has 4 nitrogen and oxygen atoms in total. The van der Waals surface area contributed by atoms with Gasteiger partial charge in [-0.2, -0.15) is 0 Å². The molecule has 0 aliphatic carbocycles. The van der Waals surface area contributed by atoms with Gasteiger partial charge in [-0.3, -0.25) is 4.79 Å². The second-order valence-corrected chi connectivity index (χ2v) is 5.16. The molecule has 0 amide bonds. The summed E-state index contributed by atoms with van der Waals surface area (Å²) >= 11 is 0. The van der Waals surface area contributed by atoms with Crippen LogP contribution in [0.5, 0.6) is 0 Å². The molecule has 1 aliphatic rings. The zero-order chi connectivity index (χ0) is 12.5. The van der Waals surface area contributed by atoms with Crippen LogP contribution in [0.1, 0.15) is 38.5 Å². The molecular formula is C13H26N2O2. The van der Waals surface area contributed by atoms with Crippen molar-refractivity contribution in [1.29, 1.82) is 0 Å². The van der Waals surface area contributed by atoms with Crippen LogP contribution < -0.4 is 5.32 Å². The highest BCUT2D eigenvalue weighted by molar-refractivity contribution is 5.66. The molecule has 0 bridgehead atoms. The van der Waals surface area contributed by atoms with E-state index in [0.29, 0.717) is 6.42 Å². The number of aliphatic carboxylic acids is 1. The second-order valence-electron chi connectivity index (χ2n) is 5.16.